The number of anilines is 1. The first-order chi connectivity index (χ1) is 15.5. The number of aryl methyl sites for hydroxylation is 1. The highest BCUT2D eigenvalue weighted by molar-refractivity contribution is 7.19. The molecule has 0 saturated heterocycles. The van der Waals surface area contributed by atoms with Gasteiger partial charge in [0.1, 0.15) is 0 Å². The van der Waals surface area contributed by atoms with E-state index in [9.17, 15) is 9.59 Å². The van der Waals surface area contributed by atoms with Gasteiger partial charge < -0.3 is 15.7 Å². The molecule has 2 aromatic heterocycles. The van der Waals surface area contributed by atoms with E-state index >= 15 is 0 Å². The Labute approximate surface area is 192 Å². The second-order valence-electron chi connectivity index (χ2n) is 8.46. The highest BCUT2D eigenvalue weighted by Crippen LogP contribution is 2.43. The number of carboxylic acid groups (broad SMARTS) is 1. The van der Waals surface area contributed by atoms with E-state index < -0.39 is 5.97 Å². The third-order valence-corrected chi connectivity index (χ3v) is 7.63. The van der Waals surface area contributed by atoms with Crippen LogP contribution in [-0.2, 0) is 4.79 Å². The first kappa shape index (κ1) is 22.3. The molecule has 3 aromatic rings. The lowest BCUT2D eigenvalue weighted by atomic mass is 9.82. The first-order valence-corrected chi connectivity index (χ1v) is 12.0. The number of nitrogens with zero attached hydrogens (tertiary/aromatic N) is 1. The van der Waals surface area contributed by atoms with Crippen LogP contribution in [0.4, 0.5) is 5.69 Å². The zero-order valence-corrected chi connectivity index (χ0v) is 19.1. The fourth-order valence-electron chi connectivity index (χ4n) is 4.52. The molecule has 1 aromatic carbocycles. The molecule has 1 aliphatic carbocycles. The number of benzene rings is 1. The van der Waals surface area contributed by atoms with Gasteiger partial charge in [-0.15, -0.1) is 11.3 Å². The van der Waals surface area contributed by atoms with Gasteiger partial charge in [0.25, 0.3) is 5.91 Å². The molecule has 7 heteroatoms. The molecule has 0 radical (unpaired) electrons. The summed E-state index contributed by atoms with van der Waals surface area (Å²) in [6, 6.07) is 9.77. The second-order valence-corrected chi connectivity index (χ2v) is 9.54. The summed E-state index contributed by atoms with van der Waals surface area (Å²) in [6.07, 6.45) is 10.0. The molecule has 32 heavy (non-hydrogen) atoms. The number of nitrogens with one attached hydrogen (secondary N) is 2. The molecule has 0 bridgehead atoms. The molecule has 168 valence electrons. The highest BCUT2D eigenvalue weighted by Gasteiger charge is 2.28. The fourth-order valence-corrected chi connectivity index (χ4v) is 5.85. The van der Waals surface area contributed by atoms with E-state index in [1.165, 1.54) is 52.6 Å². The van der Waals surface area contributed by atoms with Crippen molar-refractivity contribution in [2.75, 3.05) is 11.9 Å². The molecule has 1 atom stereocenters. The van der Waals surface area contributed by atoms with Gasteiger partial charge >= 0.3 is 5.97 Å². The normalized spacial score (nSPS) is 15.4. The van der Waals surface area contributed by atoms with E-state index in [2.05, 4.69) is 28.6 Å². The van der Waals surface area contributed by atoms with Crippen LogP contribution in [0.3, 0.4) is 0 Å². The lowest BCUT2D eigenvalue weighted by molar-refractivity contribution is -0.136. The van der Waals surface area contributed by atoms with Gasteiger partial charge in [-0.3, -0.25) is 14.6 Å². The van der Waals surface area contributed by atoms with E-state index in [4.69, 9.17) is 5.11 Å². The van der Waals surface area contributed by atoms with Crippen molar-refractivity contribution in [2.45, 2.75) is 51.5 Å². The summed E-state index contributed by atoms with van der Waals surface area (Å²) in [7, 11) is 0. The molecule has 0 spiro atoms. The van der Waals surface area contributed by atoms with Crippen molar-refractivity contribution < 1.29 is 14.7 Å². The summed E-state index contributed by atoms with van der Waals surface area (Å²) in [5, 5.41) is 16.4. The van der Waals surface area contributed by atoms with E-state index in [1.807, 2.05) is 35.9 Å². The minimum atomic E-state index is -0.925. The average Bonchev–Trinajstić information content (AvgIpc) is 3.14. The number of hydrogen-bond donors (Lipinski definition) is 3. The van der Waals surface area contributed by atoms with Crippen molar-refractivity contribution in [2.24, 2.45) is 5.92 Å². The Morgan fingerprint density at radius 1 is 1.16 bits per heavy atom. The highest BCUT2D eigenvalue weighted by atomic mass is 32.1. The third kappa shape index (κ3) is 5.10. The zero-order chi connectivity index (χ0) is 22.5. The van der Waals surface area contributed by atoms with E-state index in [-0.39, 0.29) is 24.9 Å². The largest absolute Gasteiger partial charge is 0.481 e. The number of aromatic nitrogens is 1. The van der Waals surface area contributed by atoms with Crippen LogP contribution in [0.25, 0.3) is 10.1 Å². The Morgan fingerprint density at radius 3 is 2.59 bits per heavy atom. The number of aliphatic carboxylic acids is 1. The third-order valence-electron chi connectivity index (χ3n) is 6.27. The molecular formula is C25H29N3O3S. The lowest BCUT2D eigenvalue weighted by Crippen LogP contribution is -2.26. The van der Waals surface area contributed by atoms with Gasteiger partial charge in [-0.05, 0) is 61.6 Å². The Hall–Kier alpha value is -2.93. The first-order valence-electron chi connectivity index (χ1n) is 11.2. The maximum Gasteiger partial charge on any atom is 0.305 e. The van der Waals surface area contributed by atoms with Crippen LogP contribution in [0.15, 0.2) is 42.7 Å². The molecule has 1 fully saturated rings. The van der Waals surface area contributed by atoms with Crippen molar-refractivity contribution in [1.29, 1.82) is 0 Å². The summed E-state index contributed by atoms with van der Waals surface area (Å²) in [4.78, 5) is 28.6. The number of carbonyl (C=O) groups is 2. The topological polar surface area (TPSA) is 91.3 Å². The maximum absolute atomic E-state index is 12.2. The summed E-state index contributed by atoms with van der Waals surface area (Å²) in [6.45, 7) is 2.32. The van der Waals surface area contributed by atoms with Crippen LogP contribution in [-0.4, -0.2) is 28.5 Å². The molecule has 2 heterocycles. The fraction of sp³-hybridized carbons (Fsp3) is 0.400. The van der Waals surface area contributed by atoms with Gasteiger partial charge in [0.05, 0.1) is 12.5 Å². The van der Waals surface area contributed by atoms with E-state index in [0.29, 0.717) is 11.5 Å². The van der Waals surface area contributed by atoms with Crippen molar-refractivity contribution in [3.63, 3.8) is 0 Å². The summed E-state index contributed by atoms with van der Waals surface area (Å²) in [5.74, 6) is -0.608. The van der Waals surface area contributed by atoms with Crippen LogP contribution in [0.2, 0.25) is 0 Å². The number of carboxylic acids is 1. The number of rotatable bonds is 8. The quantitative estimate of drug-likeness (QED) is 0.418. The predicted octanol–water partition coefficient (Wildman–Crippen LogP) is 5.54. The summed E-state index contributed by atoms with van der Waals surface area (Å²) < 4.78 is 1.27. The minimum absolute atomic E-state index is 0.0848. The van der Waals surface area contributed by atoms with Crippen LogP contribution < -0.4 is 10.6 Å². The van der Waals surface area contributed by atoms with Gasteiger partial charge in [-0.2, -0.15) is 0 Å². The van der Waals surface area contributed by atoms with Crippen LogP contribution >= 0.6 is 11.3 Å². The lowest BCUT2D eigenvalue weighted by Gasteiger charge is -2.31. The maximum atomic E-state index is 12.2. The molecule has 1 unspecified atom stereocenters. The number of carbonyl (C=O) groups excluding carboxylic acids is 1. The Morgan fingerprint density at radius 2 is 1.91 bits per heavy atom. The number of amides is 1. The Bertz CT molecular complexity index is 1090. The van der Waals surface area contributed by atoms with Gasteiger partial charge in [0.2, 0.25) is 0 Å². The van der Waals surface area contributed by atoms with Crippen LogP contribution in [0.1, 0.15) is 65.4 Å². The number of pyridine rings is 1. The zero-order valence-electron chi connectivity index (χ0n) is 18.3. The Kier molecular flexibility index (Phi) is 7.05. The van der Waals surface area contributed by atoms with Gasteiger partial charge in [-0.1, -0.05) is 19.3 Å². The van der Waals surface area contributed by atoms with Crippen molar-refractivity contribution in [1.82, 2.24) is 10.3 Å². The SMILES string of the molecule is Cc1c(C(Nc2ccc(C(=O)NCCC(=O)O)cc2)C2CCCCC2)sc2ccncc12. The smallest absolute Gasteiger partial charge is 0.305 e. The molecule has 6 nitrogen and oxygen atoms in total. The van der Waals surface area contributed by atoms with Crippen molar-refractivity contribution >= 4 is 39.0 Å². The van der Waals surface area contributed by atoms with Crippen molar-refractivity contribution in [3.05, 3.63) is 58.7 Å². The second kappa shape index (κ2) is 10.1. The molecule has 1 saturated carbocycles. The molecule has 4 rings (SSSR count). The monoisotopic (exact) mass is 451 g/mol. The number of hydrogen-bond acceptors (Lipinski definition) is 5. The molecule has 1 aliphatic rings. The van der Waals surface area contributed by atoms with Crippen LogP contribution in [0.5, 0.6) is 0 Å². The average molecular weight is 452 g/mol. The molecule has 3 N–H and O–H groups in total. The Balaban J connectivity index is 1.54. The summed E-state index contributed by atoms with van der Waals surface area (Å²) >= 11 is 1.85. The standard InChI is InChI=1S/C25H29N3O3S/c1-16-20-15-26-13-11-21(20)32-24(16)23(17-5-3-2-4-6-17)28-19-9-7-18(8-10-19)25(31)27-14-12-22(29)30/h7-11,13,15,17,23,28H,2-6,12,14H2,1H3,(H,27,31)(H,29,30). The van der Waals surface area contributed by atoms with E-state index in [1.54, 1.807) is 12.1 Å². The van der Waals surface area contributed by atoms with Crippen molar-refractivity contribution in [3.8, 4) is 0 Å². The molecular weight excluding hydrogens is 422 g/mol. The predicted molar refractivity (Wildman–Crippen MR) is 128 cm³/mol. The minimum Gasteiger partial charge on any atom is -0.481 e. The number of fused-ring (bicyclic) bond motifs is 1. The van der Waals surface area contributed by atoms with E-state index in [0.717, 1.165) is 5.69 Å². The molecule has 0 aliphatic heterocycles. The van der Waals surface area contributed by atoms with Gasteiger partial charge in [0, 0.05) is 45.2 Å². The number of thiophene rings is 1. The molecule has 1 amide bonds. The van der Waals surface area contributed by atoms with Gasteiger partial charge in [0.15, 0.2) is 0 Å². The summed E-state index contributed by atoms with van der Waals surface area (Å²) in [5.41, 5.74) is 2.81. The van der Waals surface area contributed by atoms with Crippen LogP contribution in [0, 0.1) is 12.8 Å². The van der Waals surface area contributed by atoms with Gasteiger partial charge in [-0.25, -0.2) is 0 Å².